The molecule has 2 aromatic rings. The molecule has 3 N–H and O–H groups in total. The maximum Gasteiger partial charge on any atom is 0.234 e. The summed E-state index contributed by atoms with van der Waals surface area (Å²) < 4.78 is 1.00. The SMILES string of the molecule is Cc1cc(N)ccc1NC(=O)CSc1ccccc1Br. The lowest BCUT2D eigenvalue weighted by atomic mass is 10.2. The number of nitrogens with one attached hydrogen (secondary N) is 1. The van der Waals surface area contributed by atoms with Crippen LogP contribution in [0.1, 0.15) is 5.56 Å². The molecular weight excluding hydrogens is 336 g/mol. The molecule has 0 radical (unpaired) electrons. The third-order valence-electron chi connectivity index (χ3n) is 2.72. The van der Waals surface area contributed by atoms with Crippen molar-refractivity contribution in [1.29, 1.82) is 0 Å². The third-order valence-corrected chi connectivity index (χ3v) is 4.75. The zero-order chi connectivity index (χ0) is 14.5. The predicted molar refractivity (Wildman–Crippen MR) is 89.1 cm³/mol. The number of aryl methyl sites for hydroxylation is 1. The second-order valence-corrected chi connectivity index (χ2v) is 6.21. The highest BCUT2D eigenvalue weighted by atomic mass is 79.9. The van der Waals surface area contributed by atoms with Crippen LogP contribution in [-0.2, 0) is 4.79 Å². The van der Waals surface area contributed by atoms with Gasteiger partial charge in [0.25, 0.3) is 0 Å². The Hall–Kier alpha value is -1.46. The van der Waals surface area contributed by atoms with Gasteiger partial charge in [0.05, 0.1) is 5.75 Å². The summed E-state index contributed by atoms with van der Waals surface area (Å²) in [5.74, 6) is 0.338. The van der Waals surface area contributed by atoms with Gasteiger partial charge in [-0.3, -0.25) is 4.79 Å². The molecule has 0 saturated heterocycles. The molecule has 0 heterocycles. The van der Waals surface area contributed by atoms with Crippen LogP contribution in [0.3, 0.4) is 0 Å². The van der Waals surface area contributed by atoms with E-state index in [4.69, 9.17) is 5.73 Å². The summed E-state index contributed by atoms with van der Waals surface area (Å²) in [6.07, 6.45) is 0. The van der Waals surface area contributed by atoms with Gasteiger partial charge in [-0.25, -0.2) is 0 Å². The Morgan fingerprint density at radius 1 is 1.30 bits per heavy atom. The Balaban J connectivity index is 1.94. The van der Waals surface area contributed by atoms with Crippen molar-refractivity contribution in [3.8, 4) is 0 Å². The highest BCUT2D eigenvalue weighted by molar-refractivity contribution is 9.10. The maximum atomic E-state index is 12.0. The monoisotopic (exact) mass is 350 g/mol. The molecule has 0 aliphatic rings. The fourth-order valence-corrected chi connectivity index (χ4v) is 3.09. The van der Waals surface area contributed by atoms with Crippen LogP contribution in [0.2, 0.25) is 0 Å². The van der Waals surface area contributed by atoms with E-state index in [9.17, 15) is 4.79 Å². The summed E-state index contributed by atoms with van der Waals surface area (Å²) >= 11 is 4.97. The van der Waals surface area contributed by atoms with E-state index in [-0.39, 0.29) is 5.91 Å². The Bertz CT molecular complexity index is 631. The molecule has 5 heteroatoms. The summed E-state index contributed by atoms with van der Waals surface area (Å²) in [7, 11) is 0. The number of carbonyl (C=O) groups is 1. The molecule has 0 aliphatic heterocycles. The molecule has 20 heavy (non-hydrogen) atoms. The standard InChI is InChI=1S/C15H15BrN2OS/c1-10-8-11(17)6-7-13(10)18-15(19)9-20-14-5-3-2-4-12(14)16/h2-8H,9,17H2,1H3,(H,18,19). The maximum absolute atomic E-state index is 12.0. The number of carbonyl (C=O) groups excluding carboxylic acids is 1. The number of hydrogen-bond donors (Lipinski definition) is 2. The Kier molecular flexibility index (Phi) is 5.09. The van der Waals surface area contributed by atoms with Crippen LogP contribution in [0.15, 0.2) is 51.8 Å². The smallest absolute Gasteiger partial charge is 0.234 e. The molecule has 0 atom stereocenters. The fraction of sp³-hybridized carbons (Fsp3) is 0.133. The summed E-state index contributed by atoms with van der Waals surface area (Å²) in [4.78, 5) is 13.0. The second kappa shape index (κ2) is 6.81. The van der Waals surface area contributed by atoms with Crippen LogP contribution in [0.5, 0.6) is 0 Å². The van der Waals surface area contributed by atoms with Crippen LogP contribution in [0, 0.1) is 6.92 Å². The number of benzene rings is 2. The minimum atomic E-state index is -0.0291. The molecule has 1 amide bonds. The molecule has 0 bridgehead atoms. The Labute approximate surface area is 131 Å². The second-order valence-electron chi connectivity index (χ2n) is 4.34. The molecule has 0 spiro atoms. The van der Waals surface area contributed by atoms with E-state index in [1.165, 1.54) is 11.8 Å². The van der Waals surface area contributed by atoms with Crippen LogP contribution in [0.25, 0.3) is 0 Å². The van der Waals surface area contributed by atoms with Crippen LogP contribution < -0.4 is 11.1 Å². The van der Waals surface area contributed by atoms with Gasteiger partial charge < -0.3 is 11.1 Å². The predicted octanol–water partition coefficient (Wildman–Crippen LogP) is 4.07. The van der Waals surface area contributed by atoms with Crippen molar-refractivity contribution >= 4 is 45.0 Å². The van der Waals surface area contributed by atoms with Gasteiger partial charge in [0.1, 0.15) is 0 Å². The number of hydrogen-bond acceptors (Lipinski definition) is 3. The number of nitrogen functional groups attached to an aromatic ring is 1. The van der Waals surface area contributed by atoms with Crippen molar-refractivity contribution in [2.75, 3.05) is 16.8 Å². The Morgan fingerprint density at radius 2 is 2.05 bits per heavy atom. The average molecular weight is 351 g/mol. The van der Waals surface area contributed by atoms with E-state index >= 15 is 0 Å². The molecule has 0 aliphatic carbocycles. The minimum absolute atomic E-state index is 0.0291. The first kappa shape index (κ1) is 14.9. The van der Waals surface area contributed by atoms with Crippen molar-refractivity contribution in [3.63, 3.8) is 0 Å². The zero-order valence-electron chi connectivity index (χ0n) is 11.0. The van der Waals surface area contributed by atoms with Crippen LogP contribution in [0.4, 0.5) is 11.4 Å². The van der Waals surface area contributed by atoms with E-state index < -0.39 is 0 Å². The number of anilines is 2. The van der Waals surface area contributed by atoms with Gasteiger partial charge in [-0.05, 0) is 58.7 Å². The largest absolute Gasteiger partial charge is 0.399 e. The first-order chi connectivity index (χ1) is 9.56. The summed E-state index contributed by atoms with van der Waals surface area (Å²) in [5, 5.41) is 2.90. The molecule has 0 aromatic heterocycles. The van der Waals surface area contributed by atoms with Gasteiger partial charge in [0.2, 0.25) is 5.91 Å². The Morgan fingerprint density at radius 3 is 2.75 bits per heavy atom. The lowest BCUT2D eigenvalue weighted by Gasteiger charge is -2.09. The average Bonchev–Trinajstić information content (AvgIpc) is 2.41. The minimum Gasteiger partial charge on any atom is -0.399 e. The van der Waals surface area contributed by atoms with Crippen molar-refractivity contribution in [1.82, 2.24) is 0 Å². The van der Waals surface area contributed by atoms with Gasteiger partial charge in [-0.1, -0.05) is 12.1 Å². The van der Waals surface area contributed by atoms with E-state index in [1.807, 2.05) is 43.3 Å². The first-order valence-corrected chi connectivity index (χ1v) is 7.87. The highest BCUT2D eigenvalue weighted by Gasteiger charge is 2.07. The number of halogens is 1. The topological polar surface area (TPSA) is 55.1 Å². The lowest BCUT2D eigenvalue weighted by Crippen LogP contribution is -2.14. The zero-order valence-corrected chi connectivity index (χ0v) is 13.4. The molecule has 2 aromatic carbocycles. The molecule has 104 valence electrons. The van der Waals surface area contributed by atoms with Crippen molar-refractivity contribution in [2.45, 2.75) is 11.8 Å². The van der Waals surface area contributed by atoms with Gasteiger partial charge in [-0.2, -0.15) is 0 Å². The van der Waals surface area contributed by atoms with Crippen LogP contribution >= 0.6 is 27.7 Å². The van der Waals surface area contributed by atoms with Crippen molar-refractivity contribution < 1.29 is 4.79 Å². The van der Waals surface area contributed by atoms with E-state index in [0.29, 0.717) is 11.4 Å². The lowest BCUT2D eigenvalue weighted by molar-refractivity contribution is -0.113. The van der Waals surface area contributed by atoms with Gasteiger partial charge in [0, 0.05) is 20.7 Å². The number of thioether (sulfide) groups is 1. The summed E-state index contributed by atoms with van der Waals surface area (Å²) in [5.41, 5.74) is 8.15. The fourth-order valence-electron chi connectivity index (χ4n) is 1.72. The third kappa shape index (κ3) is 4.02. The molecular formula is C15H15BrN2OS. The van der Waals surface area contributed by atoms with Crippen molar-refractivity contribution in [2.24, 2.45) is 0 Å². The summed E-state index contributed by atoms with van der Waals surface area (Å²) in [6.45, 7) is 1.92. The van der Waals surface area contributed by atoms with E-state index in [0.717, 1.165) is 20.6 Å². The first-order valence-electron chi connectivity index (χ1n) is 6.09. The van der Waals surface area contributed by atoms with Crippen molar-refractivity contribution in [3.05, 3.63) is 52.5 Å². The van der Waals surface area contributed by atoms with E-state index in [1.54, 1.807) is 6.07 Å². The van der Waals surface area contributed by atoms with Crippen LogP contribution in [-0.4, -0.2) is 11.7 Å². The quantitative estimate of drug-likeness (QED) is 0.645. The van der Waals surface area contributed by atoms with Gasteiger partial charge >= 0.3 is 0 Å². The van der Waals surface area contributed by atoms with Gasteiger partial charge in [-0.15, -0.1) is 11.8 Å². The molecule has 2 rings (SSSR count). The molecule has 0 fully saturated rings. The normalized spacial score (nSPS) is 10.3. The number of amides is 1. The number of rotatable bonds is 4. The number of nitrogens with two attached hydrogens (primary N) is 1. The molecule has 0 saturated carbocycles. The molecule has 0 unspecified atom stereocenters. The summed E-state index contributed by atoms with van der Waals surface area (Å²) in [6, 6.07) is 13.3. The van der Waals surface area contributed by atoms with Gasteiger partial charge in [0.15, 0.2) is 0 Å². The molecule has 3 nitrogen and oxygen atoms in total. The highest BCUT2D eigenvalue weighted by Crippen LogP contribution is 2.27. The van der Waals surface area contributed by atoms with E-state index in [2.05, 4.69) is 21.2 Å².